The molecule has 0 aliphatic heterocycles. The largest absolute Gasteiger partial charge is 0.467 e. The van der Waals surface area contributed by atoms with Gasteiger partial charge in [0.25, 0.3) is 0 Å². The van der Waals surface area contributed by atoms with Gasteiger partial charge in [0.2, 0.25) is 0 Å². The first kappa shape index (κ1) is 8.72. The van der Waals surface area contributed by atoms with Crippen molar-refractivity contribution in [1.82, 2.24) is 0 Å². The molecule has 0 N–H and O–H groups in total. The van der Waals surface area contributed by atoms with E-state index < -0.39 is 12.1 Å². The molecule has 0 rings (SSSR count). The Morgan fingerprint density at radius 1 is 1.78 bits per heavy atom. The molecule has 3 nitrogen and oxygen atoms in total. The third-order valence-electron chi connectivity index (χ3n) is 0.846. The van der Waals surface area contributed by atoms with Crippen LogP contribution in [0.4, 0.5) is 0 Å². The first-order valence-corrected chi connectivity index (χ1v) is 3.01. The SMILES string of the molecule is COC(=O)C(C)OCCl. The number of carbonyl (C=O) groups is 1. The second-order valence-corrected chi connectivity index (χ2v) is 1.66. The Labute approximate surface area is 58.9 Å². The van der Waals surface area contributed by atoms with Gasteiger partial charge in [-0.05, 0) is 6.92 Å². The van der Waals surface area contributed by atoms with E-state index in [1.165, 1.54) is 7.11 Å². The highest BCUT2D eigenvalue weighted by Gasteiger charge is 2.11. The lowest BCUT2D eigenvalue weighted by Crippen LogP contribution is -2.21. The molecule has 0 saturated carbocycles. The smallest absolute Gasteiger partial charge is 0.334 e. The first-order chi connectivity index (χ1) is 4.22. The highest BCUT2D eigenvalue weighted by molar-refractivity contribution is 6.17. The van der Waals surface area contributed by atoms with Gasteiger partial charge in [-0.15, -0.1) is 0 Å². The lowest BCUT2D eigenvalue weighted by molar-refractivity contribution is -0.151. The molecule has 0 fully saturated rings. The molecule has 0 bridgehead atoms. The van der Waals surface area contributed by atoms with Gasteiger partial charge >= 0.3 is 5.97 Å². The van der Waals surface area contributed by atoms with Crippen LogP contribution < -0.4 is 0 Å². The molecule has 0 saturated heterocycles. The van der Waals surface area contributed by atoms with Crippen molar-refractivity contribution < 1.29 is 14.3 Å². The van der Waals surface area contributed by atoms with Crippen molar-refractivity contribution >= 4 is 17.6 Å². The number of hydrogen-bond donors (Lipinski definition) is 0. The maximum Gasteiger partial charge on any atom is 0.334 e. The predicted molar refractivity (Wildman–Crippen MR) is 33.3 cm³/mol. The van der Waals surface area contributed by atoms with Crippen LogP contribution in [-0.2, 0) is 14.3 Å². The van der Waals surface area contributed by atoms with E-state index in [9.17, 15) is 4.79 Å². The van der Waals surface area contributed by atoms with E-state index in [4.69, 9.17) is 11.6 Å². The molecule has 1 atom stereocenters. The summed E-state index contributed by atoms with van der Waals surface area (Å²) in [6.07, 6.45) is -0.563. The fourth-order valence-corrected chi connectivity index (χ4v) is 0.517. The van der Waals surface area contributed by atoms with Gasteiger partial charge in [-0.3, -0.25) is 0 Å². The Morgan fingerprint density at radius 3 is 2.67 bits per heavy atom. The van der Waals surface area contributed by atoms with E-state index in [-0.39, 0.29) is 6.07 Å². The maximum absolute atomic E-state index is 10.5. The van der Waals surface area contributed by atoms with Gasteiger partial charge in [0.05, 0.1) is 7.11 Å². The van der Waals surface area contributed by atoms with Crippen molar-refractivity contribution in [1.29, 1.82) is 0 Å². The molecule has 1 unspecified atom stereocenters. The van der Waals surface area contributed by atoms with Crippen LogP contribution in [0.2, 0.25) is 0 Å². The van der Waals surface area contributed by atoms with Gasteiger partial charge in [-0.1, -0.05) is 11.6 Å². The number of rotatable bonds is 3. The van der Waals surface area contributed by atoms with E-state index in [0.717, 1.165) is 0 Å². The highest BCUT2D eigenvalue weighted by atomic mass is 35.5. The minimum atomic E-state index is -0.563. The quantitative estimate of drug-likeness (QED) is 0.443. The average molecular weight is 153 g/mol. The van der Waals surface area contributed by atoms with E-state index in [0.29, 0.717) is 0 Å². The van der Waals surface area contributed by atoms with Gasteiger partial charge in [0, 0.05) is 0 Å². The number of carbonyl (C=O) groups excluding carboxylic acids is 1. The minimum Gasteiger partial charge on any atom is -0.467 e. The van der Waals surface area contributed by atoms with E-state index in [1.54, 1.807) is 6.92 Å². The normalized spacial score (nSPS) is 12.8. The minimum absolute atomic E-state index is 0.0102. The van der Waals surface area contributed by atoms with Crippen LogP contribution in [0.1, 0.15) is 6.92 Å². The third-order valence-corrected chi connectivity index (χ3v) is 0.972. The molecule has 9 heavy (non-hydrogen) atoms. The molecule has 0 heterocycles. The fraction of sp³-hybridized carbons (Fsp3) is 0.800. The summed E-state index contributed by atoms with van der Waals surface area (Å²) in [5.74, 6) is -0.407. The average Bonchev–Trinajstić information content (AvgIpc) is 1.87. The molecular formula is C5H9ClO3. The summed E-state index contributed by atoms with van der Waals surface area (Å²) in [6.45, 7) is 1.58. The summed E-state index contributed by atoms with van der Waals surface area (Å²) in [6, 6.07) is 0.0102. The van der Waals surface area contributed by atoms with Crippen LogP contribution in [0.15, 0.2) is 0 Å². The number of esters is 1. The summed E-state index contributed by atoms with van der Waals surface area (Å²) in [5, 5.41) is 0. The van der Waals surface area contributed by atoms with E-state index in [2.05, 4.69) is 9.47 Å². The molecule has 0 aromatic rings. The lowest BCUT2D eigenvalue weighted by Gasteiger charge is -2.06. The van der Waals surface area contributed by atoms with Crippen LogP contribution in [0.3, 0.4) is 0 Å². The molecule has 0 radical (unpaired) electrons. The van der Waals surface area contributed by atoms with Gasteiger partial charge < -0.3 is 9.47 Å². The van der Waals surface area contributed by atoms with Crippen molar-refractivity contribution in [2.75, 3.05) is 13.2 Å². The third kappa shape index (κ3) is 3.32. The molecule has 0 aliphatic carbocycles. The topological polar surface area (TPSA) is 35.5 Å². The molecule has 4 heteroatoms. The highest BCUT2D eigenvalue weighted by Crippen LogP contribution is 1.93. The summed E-state index contributed by atoms with van der Waals surface area (Å²) >= 11 is 5.17. The number of halogens is 1. The predicted octanol–water partition coefficient (Wildman–Crippen LogP) is 0.761. The number of hydrogen-bond acceptors (Lipinski definition) is 3. The molecule has 0 amide bonds. The number of ether oxygens (including phenoxy) is 2. The Bertz CT molecular complexity index is 94.2. The Morgan fingerprint density at radius 2 is 2.33 bits per heavy atom. The zero-order chi connectivity index (χ0) is 7.28. The number of methoxy groups -OCH3 is 1. The van der Waals surface area contributed by atoms with E-state index in [1.807, 2.05) is 0 Å². The monoisotopic (exact) mass is 152 g/mol. The molecule has 0 spiro atoms. The van der Waals surface area contributed by atoms with Crippen molar-refractivity contribution in [3.05, 3.63) is 0 Å². The first-order valence-electron chi connectivity index (χ1n) is 2.47. The lowest BCUT2D eigenvalue weighted by atomic mass is 10.4. The van der Waals surface area contributed by atoms with E-state index >= 15 is 0 Å². The standard InChI is InChI=1S/C5H9ClO3/c1-4(9-3-6)5(7)8-2/h4H,3H2,1-2H3. The zero-order valence-electron chi connectivity index (χ0n) is 5.39. The second-order valence-electron chi connectivity index (χ2n) is 1.44. The van der Waals surface area contributed by atoms with Crippen molar-refractivity contribution in [2.24, 2.45) is 0 Å². The summed E-state index contributed by atoms with van der Waals surface area (Å²) < 4.78 is 9.03. The zero-order valence-corrected chi connectivity index (χ0v) is 6.14. The second kappa shape index (κ2) is 4.58. The van der Waals surface area contributed by atoms with Gasteiger partial charge in [0.1, 0.15) is 6.07 Å². The fourth-order valence-electron chi connectivity index (χ4n) is 0.328. The van der Waals surface area contributed by atoms with Crippen LogP contribution in [0.5, 0.6) is 0 Å². The molecular weight excluding hydrogens is 144 g/mol. The van der Waals surface area contributed by atoms with Gasteiger partial charge in [0.15, 0.2) is 6.10 Å². The van der Waals surface area contributed by atoms with Crippen molar-refractivity contribution in [2.45, 2.75) is 13.0 Å². The summed E-state index contributed by atoms with van der Waals surface area (Å²) in [7, 11) is 1.30. The Kier molecular flexibility index (Phi) is 4.44. The number of alkyl halides is 1. The van der Waals surface area contributed by atoms with Crippen LogP contribution in [0, 0.1) is 0 Å². The van der Waals surface area contributed by atoms with Gasteiger partial charge in [-0.25, -0.2) is 4.79 Å². The maximum atomic E-state index is 10.5. The van der Waals surface area contributed by atoms with Crippen LogP contribution in [-0.4, -0.2) is 25.2 Å². The van der Waals surface area contributed by atoms with Crippen molar-refractivity contribution in [3.63, 3.8) is 0 Å². The van der Waals surface area contributed by atoms with Crippen molar-refractivity contribution in [3.8, 4) is 0 Å². The molecule has 0 aromatic carbocycles. The summed E-state index contributed by atoms with van der Waals surface area (Å²) in [5.41, 5.74) is 0. The van der Waals surface area contributed by atoms with Crippen LogP contribution in [0.25, 0.3) is 0 Å². The van der Waals surface area contributed by atoms with Crippen LogP contribution >= 0.6 is 11.6 Å². The molecule has 54 valence electrons. The van der Waals surface area contributed by atoms with Gasteiger partial charge in [-0.2, -0.15) is 0 Å². The Balaban J connectivity index is 3.45. The Hall–Kier alpha value is -0.280. The molecule has 0 aromatic heterocycles. The summed E-state index contributed by atoms with van der Waals surface area (Å²) in [4.78, 5) is 10.5. The molecule has 0 aliphatic rings.